The van der Waals surface area contributed by atoms with Gasteiger partial charge in [0.1, 0.15) is 0 Å². The lowest BCUT2D eigenvalue weighted by molar-refractivity contribution is -0.265. The minimum atomic E-state index is 0.0376. The van der Waals surface area contributed by atoms with Gasteiger partial charge >= 0.3 is 0 Å². The number of para-hydroxylation sites is 1. The molecule has 0 aliphatic rings. The standard InChI is InChI=1S/C9H7NO/c11-9-5-6-10-8-4-2-1-3-7(8)9/h1-6H,(H,10,11)/p-1. The highest BCUT2D eigenvalue weighted by atomic mass is 16.3. The molecule has 0 aliphatic heterocycles. The fourth-order valence-corrected chi connectivity index (χ4v) is 1.07. The molecule has 0 aliphatic carbocycles. The lowest BCUT2D eigenvalue weighted by Crippen LogP contribution is -1.91. The van der Waals surface area contributed by atoms with E-state index in [0.29, 0.717) is 5.39 Å². The highest BCUT2D eigenvalue weighted by Gasteiger charge is 1.89. The van der Waals surface area contributed by atoms with E-state index in [1.807, 2.05) is 18.2 Å². The fraction of sp³-hybridized carbons (Fsp3) is 0. The summed E-state index contributed by atoms with van der Waals surface area (Å²) in [6.07, 6.45) is 1.53. The maximum atomic E-state index is 11.1. The van der Waals surface area contributed by atoms with E-state index in [2.05, 4.69) is 4.98 Å². The lowest BCUT2D eigenvalue weighted by atomic mass is 10.2. The molecule has 2 nitrogen and oxygen atoms in total. The van der Waals surface area contributed by atoms with Crippen LogP contribution >= 0.6 is 0 Å². The summed E-state index contributed by atoms with van der Waals surface area (Å²) < 4.78 is 0. The molecule has 0 unspecified atom stereocenters. The zero-order valence-electron chi connectivity index (χ0n) is 5.82. The Balaban J connectivity index is 2.91. The van der Waals surface area contributed by atoms with Gasteiger partial charge in [-0.25, -0.2) is 0 Å². The van der Waals surface area contributed by atoms with Crippen molar-refractivity contribution in [1.29, 1.82) is 0 Å². The van der Waals surface area contributed by atoms with Crippen LogP contribution in [0.1, 0.15) is 0 Å². The number of hydrogen-bond acceptors (Lipinski definition) is 2. The van der Waals surface area contributed by atoms with Crippen LogP contribution in [-0.2, 0) is 0 Å². The molecule has 0 radical (unpaired) electrons. The van der Waals surface area contributed by atoms with Crippen molar-refractivity contribution in [3.63, 3.8) is 0 Å². The van der Waals surface area contributed by atoms with Gasteiger partial charge in [0.2, 0.25) is 0 Å². The zero-order chi connectivity index (χ0) is 7.68. The van der Waals surface area contributed by atoms with Gasteiger partial charge in [-0.3, -0.25) is 4.98 Å². The topological polar surface area (TPSA) is 36.0 Å². The molecule has 0 saturated carbocycles. The third-order valence-corrected chi connectivity index (χ3v) is 1.61. The molecule has 11 heavy (non-hydrogen) atoms. The SMILES string of the molecule is [O-]c1ccnc2ccccc12. The van der Waals surface area contributed by atoms with Crippen molar-refractivity contribution in [3.05, 3.63) is 36.5 Å². The first-order valence-electron chi connectivity index (χ1n) is 3.39. The second kappa shape index (κ2) is 2.23. The van der Waals surface area contributed by atoms with Crippen molar-refractivity contribution in [3.8, 4) is 5.75 Å². The highest BCUT2D eigenvalue weighted by Crippen LogP contribution is 2.18. The summed E-state index contributed by atoms with van der Waals surface area (Å²) in [4.78, 5) is 4.04. The van der Waals surface area contributed by atoms with Crippen LogP contribution in [0, 0.1) is 0 Å². The average Bonchev–Trinajstić information content (AvgIpc) is 2.06. The van der Waals surface area contributed by atoms with Gasteiger partial charge in [-0.15, -0.1) is 0 Å². The maximum Gasteiger partial charge on any atom is 0.0695 e. The highest BCUT2D eigenvalue weighted by molar-refractivity contribution is 5.83. The van der Waals surface area contributed by atoms with Gasteiger partial charge in [0.25, 0.3) is 0 Å². The Labute approximate surface area is 64.1 Å². The van der Waals surface area contributed by atoms with E-state index in [0.717, 1.165) is 5.52 Å². The number of benzene rings is 1. The maximum absolute atomic E-state index is 11.1. The third kappa shape index (κ3) is 0.923. The summed E-state index contributed by atoms with van der Waals surface area (Å²) in [7, 11) is 0. The molecule has 54 valence electrons. The van der Waals surface area contributed by atoms with Crippen LogP contribution in [0.2, 0.25) is 0 Å². The van der Waals surface area contributed by atoms with Crippen molar-refractivity contribution in [2.24, 2.45) is 0 Å². The first kappa shape index (κ1) is 6.16. The smallest absolute Gasteiger partial charge is 0.0695 e. The first-order chi connectivity index (χ1) is 5.38. The molecule has 2 rings (SSSR count). The van der Waals surface area contributed by atoms with Crippen LogP contribution in [0.4, 0.5) is 0 Å². The van der Waals surface area contributed by atoms with E-state index in [9.17, 15) is 5.11 Å². The molecule has 0 fully saturated rings. The molecule has 1 heterocycles. The second-order valence-electron chi connectivity index (χ2n) is 2.33. The molecule has 1 aromatic carbocycles. The van der Waals surface area contributed by atoms with E-state index < -0.39 is 0 Å². The number of nitrogens with zero attached hydrogens (tertiary/aromatic N) is 1. The molecule has 0 N–H and O–H groups in total. The summed E-state index contributed by atoms with van der Waals surface area (Å²) in [6.45, 7) is 0. The minimum absolute atomic E-state index is 0.0376. The molecular formula is C9H6NO-. The summed E-state index contributed by atoms with van der Waals surface area (Å²) >= 11 is 0. The number of fused-ring (bicyclic) bond motifs is 1. The van der Waals surface area contributed by atoms with Crippen molar-refractivity contribution >= 4 is 10.9 Å². The van der Waals surface area contributed by atoms with Crippen molar-refractivity contribution < 1.29 is 5.11 Å². The van der Waals surface area contributed by atoms with Gasteiger partial charge in [0.15, 0.2) is 0 Å². The van der Waals surface area contributed by atoms with Crippen LogP contribution in [0.5, 0.6) is 5.75 Å². The lowest BCUT2D eigenvalue weighted by Gasteiger charge is -2.07. The van der Waals surface area contributed by atoms with Crippen LogP contribution in [0.3, 0.4) is 0 Å². The van der Waals surface area contributed by atoms with E-state index >= 15 is 0 Å². The quantitative estimate of drug-likeness (QED) is 0.558. The fourth-order valence-electron chi connectivity index (χ4n) is 1.07. The summed E-state index contributed by atoms with van der Waals surface area (Å²) in [5.74, 6) is 0.0376. The van der Waals surface area contributed by atoms with Crippen LogP contribution in [-0.4, -0.2) is 4.98 Å². The molecule has 1 aromatic heterocycles. The molecule has 2 heteroatoms. The van der Waals surface area contributed by atoms with E-state index in [1.165, 1.54) is 12.3 Å². The predicted octanol–water partition coefficient (Wildman–Crippen LogP) is 1.31. The van der Waals surface area contributed by atoms with Gasteiger partial charge in [-0.05, 0) is 11.5 Å². The molecule has 0 atom stereocenters. The second-order valence-corrected chi connectivity index (χ2v) is 2.33. The molecule has 0 amide bonds. The minimum Gasteiger partial charge on any atom is -0.872 e. The largest absolute Gasteiger partial charge is 0.872 e. The van der Waals surface area contributed by atoms with Crippen LogP contribution in [0.25, 0.3) is 10.9 Å². The number of hydrogen-bond donors (Lipinski definition) is 0. The normalized spacial score (nSPS) is 10.2. The van der Waals surface area contributed by atoms with Gasteiger partial charge in [0.05, 0.1) is 5.52 Å². The molecule has 0 saturated heterocycles. The van der Waals surface area contributed by atoms with Crippen molar-refractivity contribution in [1.82, 2.24) is 4.98 Å². The van der Waals surface area contributed by atoms with E-state index in [4.69, 9.17) is 0 Å². The number of aromatic nitrogens is 1. The Morgan fingerprint density at radius 1 is 1.09 bits per heavy atom. The summed E-state index contributed by atoms with van der Waals surface area (Å²) in [5, 5.41) is 11.8. The third-order valence-electron chi connectivity index (χ3n) is 1.61. The Hall–Kier alpha value is -1.57. The van der Waals surface area contributed by atoms with E-state index in [1.54, 1.807) is 6.07 Å². The summed E-state index contributed by atoms with van der Waals surface area (Å²) in [6, 6.07) is 8.80. The summed E-state index contributed by atoms with van der Waals surface area (Å²) in [5.41, 5.74) is 0.764. The molecule has 2 aromatic rings. The van der Waals surface area contributed by atoms with E-state index in [-0.39, 0.29) is 5.75 Å². The monoisotopic (exact) mass is 144 g/mol. The molecule has 0 bridgehead atoms. The zero-order valence-corrected chi connectivity index (χ0v) is 5.82. The predicted molar refractivity (Wildman–Crippen MR) is 41.2 cm³/mol. The number of rotatable bonds is 0. The van der Waals surface area contributed by atoms with Crippen molar-refractivity contribution in [2.75, 3.05) is 0 Å². The van der Waals surface area contributed by atoms with Gasteiger partial charge in [-0.1, -0.05) is 30.0 Å². The first-order valence-corrected chi connectivity index (χ1v) is 3.39. The van der Waals surface area contributed by atoms with Gasteiger partial charge < -0.3 is 5.11 Å². The number of pyridine rings is 1. The van der Waals surface area contributed by atoms with Crippen LogP contribution in [0.15, 0.2) is 36.5 Å². The Bertz CT molecular complexity index is 379. The van der Waals surface area contributed by atoms with Crippen molar-refractivity contribution in [2.45, 2.75) is 0 Å². The van der Waals surface area contributed by atoms with Gasteiger partial charge in [-0.2, -0.15) is 0 Å². The molecule has 0 spiro atoms. The Kier molecular flexibility index (Phi) is 1.25. The van der Waals surface area contributed by atoms with Crippen LogP contribution < -0.4 is 5.11 Å². The Morgan fingerprint density at radius 2 is 1.91 bits per heavy atom. The van der Waals surface area contributed by atoms with Gasteiger partial charge in [0, 0.05) is 6.20 Å². The molecular weight excluding hydrogens is 138 g/mol. The average molecular weight is 144 g/mol. The Morgan fingerprint density at radius 3 is 2.73 bits per heavy atom.